The van der Waals surface area contributed by atoms with Gasteiger partial charge in [-0.15, -0.1) is 0 Å². The molecule has 94 valence electrons. The lowest BCUT2D eigenvalue weighted by atomic mass is 10.1. The molecule has 2 rings (SSSR count). The predicted octanol–water partition coefficient (Wildman–Crippen LogP) is 4.65. The minimum absolute atomic E-state index is 0.261. The average molecular weight is 312 g/mol. The summed E-state index contributed by atoms with van der Waals surface area (Å²) in [4.78, 5) is 0. The van der Waals surface area contributed by atoms with Gasteiger partial charge in [0.2, 0.25) is 0 Å². The predicted molar refractivity (Wildman–Crippen MR) is 72.6 cm³/mol. The summed E-state index contributed by atoms with van der Waals surface area (Å²) in [7, 11) is 0. The molecule has 0 amide bonds. The molecular weight excluding hydrogens is 300 g/mol. The van der Waals surface area contributed by atoms with E-state index in [4.69, 9.17) is 0 Å². The number of hydrogen-bond acceptors (Lipinski definition) is 1. The van der Waals surface area contributed by atoms with Crippen molar-refractivity contribution >= 4 is 21.6 Å². The minimum Gasteiger partial charge on any atom is -0.378 e. The number of anilines is 1. The molecule has 0 aliphatic rings. The van der Waals surface area contributed by atoms with Crippen LogP contribution in [0.25, 0.3) is 0 Å². The molecular formula is C14H12BrF2N. The zero-order valence-corrected chi connectivity index (χ0v) is 11.4. The Labute approximate surface area is 113 Å². The topological polar surface area (TPSA) is 12.0 Å². The number of benzene rings is 2. The monoisotopic (exact) mass is 311 g/mol. The van der Waals surface area contributed by atoms with Crippen molar-refractivity contribution in [2.24, 2.45) is 0 Å². The van der Waals surface area contributed by atoms with Gasteiger partial charge in [0, 0.05) is 11.0 Å². The molecule has 0 fully saturated rings. The van der Waals surface area contributed by atoms with Crippen molar-refractivity contribution < 1.29 is 8.78 Å². The fourth-order valence-electron chi connectivity index (χ4n) is 1.71. The lowest BCUT2D eigenvalue weighted by Gasteiger charge is -2.11. The Morgan fingerprint density at radius 2 is 1.94 bits per heavy atom. The third-order valence-electron chi connectivity index (χ3n) is 2.72. The zero-order chi connectivity index (χ0) is 13.1. The SMILES string of the molecule is Cc1cc(F)ccc1CNc1c(F)cccc1Br. The molecule has 0 unspecified atom stereocenters. The van der Waals surface area contributed by atoms with Gasteiger partial charge in [0.05, 0.1) is 5.69 Å². The molecule has 0 heterocycles. The van der Waals surface area contributed by atoms with E-state index in [1.54, 1.807) is 18.2 Å². The van der Waals surface area contributed by atoms with Crippen LogP contribution < -0.4 is 5.32 Å². The molecule has 1 N–H and O–H groups in total. The number of aryl methyl sites for hydroxylation is 1. The Hall–Kier alpha value is -1.42. The van der Waals surface area contributed by atoms with Crippen LogP contribution in [0.2, 0.25) is 0 Å². The van der Waals surface area contributed by atoms with Crippen molar-refractivity contribution in [3.63, 3.8) is 0 Å². The molecule has 0 atom stereocenters. The first-order valence-corrected chi connectivity index (χ1v) is 6.30. The molecule has 1 nitrogen and oxygen atoms in total. The van der Waals surface area contributed by atoms with Gasteiger partial charge in [0.25, 0.3) is 0 Å². The van der Waals surface area contributed by atoms with E-state index < -0.39 is 0 Å². The Kier molecular flexibility index (Phi) is 3.97. The summed E-state index contributed by atoms with van der Waals surface area (Å²) in [5.41, 5.74) is 2.20. The molecule has 0 radical (unpaired) electrons. The second kappa shape index (κ2) is 5.48. The highest BCUT2D eigenvalue weighted by atomic mass is 79.9. The maximum atomic E-state index is 13.6. The van der Waals surface area contributed by atoms with Crippen molar-refractivity contribution in [1.82, 2.24) is 0 Å². The average Bonchev–Trinajstić information content (AvgIpc) is 2.31. The number of para-hydroxylation sites is 1. The lowest BCUT2D eigenvalue weighted by molar-refractivity contribution is 0.624. The smallest absolute Gasteiger partial charge is 0.147 e. The van der Waals surface area contributed by atoms with Crippen LogP contribution in [0.1, 0.15) is 11.1 Å². The van der Waals surface area contributed by atoms with Crippen molar-refractivity contribution in [1.29, 1.82) is 0 Å². The molecule has 0 saturated heterocycles. The van der Waals surface area contributed by atoms with Gasteiger partial charge in [-0.1, -0.05) is 12.1 Å². The quantitative estimate of drug-likeness (QED) is 0.870. The van der Waals surface area contributed by atoms with Crippen LogP contribution in [0.4, 0.5) is 14.5 Å². The Bertz CT molecular complexity index is 549. The first kappa shape index (κ1) is 13.0. The summed E-state index contributed by atoms with van der Waals surface area (Å²) < 4.78 is 27.2. The van der Waals surface area contributed by atoms with E-state index >= 15 is 0 Å². The van der Waals surface area contributed by atoms with E-state index in [-0.39, 0.29) is 11.6 Å². The first-order chi connectivity index (χ1) is 8.58. The number of nitrogens with one attached hydrogen (secondary N) is 1. The molecule has 0 aromatic heterocycles. The highest BCUT2D eigenvalue weighted by Gasteiger charge is 2.06. The van der Waals surface area contributed by atoms with Gasteiger partial charge in [-0.2, -0.15) is 0 Å². The van der Waals surface area contributed by atoms with Gasteiger partial charge in [-0.25, -0.2) is 8.78 Å². The highest BCUT2D eigenvalue weighted by molar-refractivity contribution is 9.10. The summed E-state index contributed by atoms with van der Waals surface area (Å²) in [6.45, 7) is 2.28. The molecule has 2 aromatic rings. The van der Waals surface area contributed by atoms with E-state index in [2.05, 4.69) is 21.2 Å². The van der Waals surface area contributed by atoms with E-state index in [9.17, 15) is 8.78 Å². The van der Waals surface area contributed by atoms with Gasteiger partial charge in [0.1, 0.15) is 11.6 Å². The Balaban J connectivity index is 2.16. The fraction of sp³-hybridized carbons (Fsp3) is 0.143. The standard InChI is InChI=1S/C14H12BrF2N/c1-9-7-11(16)6-5-10(9)8-18-14-12(15)3-2-4-13(14)17/h2-7,18H,8H2,1H3. The summed E-state index contributed by atoms with van der Waals surface area (Å²) in [6.07, 6.45) is 0. The van der Waals surface area contributed by atoms with Crippen molar-refractivity contribution in [2.75, 3.05) is 5.32 Å². The lowest BCUT2D eigenvalue weighted by Crippen LogP contribution is -2.04. The maximum Gasteiger partial charge on any atom is 0.147 e. The maximum absolute atomic E-state index is 13.6. The first-order valence-electron chi connectivity index (χ1n) is 5.51. The number of halogens is 3. The number of rotatable bonds is 3. The zero-order valence-electron chi connectivity index (χ0n) is 9.81. The molecule has 0 aliphatic heterocycles. The second-order valence-electron chi connectivity index (χ2n) is 4.02. The molecule has 18 heavy (non-hydrogen) atoms. The summed E-state index contributed by atoms with van der Waals surface area (Å²) in [5, 5.41) is 3.01. The van der Waals surface area contributed by atoms with Crippen LogP contribution in [0.5, 0.6) is 0 Å². The van der Waals surface area contributed by atoms with Gasteiger partial charge < -0.3 is 5.32 Å². The minimum atomic E-state index is -0.316. The van der Waals surface area contributed by atoms with Gasteiger partial charge >= 0.3 is 0 Å². The molecule has 0 spiro atoms. The number of hydrogen-bond donors (Lipinski definition) is 1. The third-order valence-corrected chi connectivity index (χ3v) is 3.38. The van der Waals surface area contributed by atoms with Crippen LogP contribution >= 0.6 is 15.9 Å². The fourth-order valence-corrected chi connectivity index (χ4v) is 2.19. The molecule has 0 bridgehead atoms. The Morgan fingerprint density at radius 3 is 2.61 bits per heavy atom. The summed E-state index contributed by atoms with van der Waals surface area (Å²) in [6, 6.07) is 9.36. The van der Waals surface area contributed by atoms with Crippen LogP contribution in [-0.2, 0) is 6.54 Å². The van der Waals surface area contributed by atoms with Crippen LogP contribution in [-0.4, -0.2) is 0 Å². The second-order valence-corrected chi connectivity index (χ2v) is 4.88. The molecule has 0 aliphatic carbocycles. The molecule has 0 saturated carbocycles. The summed E-state index contributed by atoms with van der Waals surface area (Å²) in [5.74, 6) is -0.576. The Morgan fingerprint density at radius 1 is 1.17 bits per heavy atom. The van der Waals surface area contributed by atoms with Crippen molar-refractivity contribution in [2.45, 2.75) is 13.5 Å². The van der Waals surface area contributed by atoms with Crippen LogP contribution in [0, 0.1) is 18.6 Å². The largest absolute Gasteiger partial charge is 0.378 e. The van der Waals surface area contributed by atoms with Gasteiger partial charge in [0.15, 0.2) is 0 Å². The van der Waals surface area contributed by atoms with Crippen LogP contribution in [0.15, 0.2) is 40.9 Å². The van der Waals surface area contributed by atoms with Crippen LogP contribution in [0.3, 0.4) is 0 Å². The van der Waals surface area contributed by atoms with Gasteiger partial charge in [-0.05, 0) is 58.2 Å². The normalized spacial score (nSPS) is 10.4. The van der Waals surface area contributed by atoms with Gasteiger partial charge in [-0.3, -0.25) is 0 Å². The van der Waals surface area contributed by atoms with E-state index in [0.717, 1.165) is 11.1 Å². The van der Waals surface area contributed by atoms with Crippen molar-refractivity contribution in [3.05, 3.63) is 63.6 Å². The van der Waals surface area contributed by atoms with E-state index in [1.165, 1.54) is 18.2 Å². The third kappa shape index (κ3) is 2.88. The summed E-state index contributed by atoms with van der Waals surface area (Å²) >= 11 is 3.29. The highest BCUT2D eigenvalue weighted by Crippen LogP contribution is 2.26. The molecule has 2 aromatic carbocycles. The molecule has 4 heteroatoms. The van der Waals surface area contributed by atoms with Crippen molar-refractivity contribution in [3.8, 4) is 0 Å². The van der Waals surface area contributed by atoms with E-state index in [0.29, 0.717) is 16.7 Å². The van der Waals surface area contributed by atoms with E-state index in [1.807, 2.05) is 6.92 Å².